The highest BCUT2D eigenvalue weighted by Gasteiger charge is 2.37. The summed E-state index contributed by atoms with van der Waals surface area (Å²) in [6.45, 7) is 6.38. The van der Waals surface area contributed by atoms with Crippen molar-refractivity contribution in [3.63, 3.8) is 0 Å². The van der Waals surface area contributed by atoms with Gasteiger partial charge in [0.15, 0.2) is 0 Å². The molecular weight excluding hydrogens is 502 g/mol. The number of carbonyl (C=O) groups is 3. The summed E-state index contributed by atoms with van der Waals surface area (Å²) in [7, 11) is 2.11. The molecule has 172 valence electrons. The third-order valence-corrected chi connectivity index (χ3v) is 7.69. The number of fused-ring (bicyclic) bond motifs is 1. The number of halogens is 1. The summed E-state index contributed by atoms with van der Waals surface area (Å²) in [5.74, 6) is -0.481. The summed E-state index contributed by atoms with van der Waals surface area (Å²) in [6, 6.07) is 13.2. The van der Waals surface area contributed by atoms with Gasteiger partial charge in [-0.2, -0.15) is 0 Å². The van der Waals surface area contributed by atoms with Crippen molar-refractivity contribution in [2.45, 2.75) is 38.6 Å². The van der Waals surface area contributed by atoms with Gasteiger partial charge in [-0.1, -0.05) is 28.9 Å². The van der Waals surface area contributed by atoms with Gasteiger partial charge >= 0.3 is 0 Å². The number of imide groups is 1. The van der Waals surface area contributed by atoms with E-state index in [-0.39, 0.29) is 12.1 Å². The molecule has 0 spiro atoms. The number of amides is 3. The molecule has 2 aromatic rings. The molecular formula is C25H26BrN3O3S. The van der Waals surface area contributed by atoms with Crippen LogP contribution in [0.3, 0.4) is 0 Å². The average molecular weight is 528 g/mol. The Hall–Kier alpha value is -2.58. The number of hydrogen-bond acceptors (Lipinski definition) is 5. The summed E-state index contributed by atoms with van der Waals surface area (Å²) in [5, 5.41) is 2.27. The fourth-order valence-electron chi connectivity index (χ4n) is 4.35. The summed E-state index contributed by atoms with van der Waals surface area (Å²) in [4.78, 5) is 41.3. The Labute approximate surface area is 206 Å². The van der Waals surface area contributed by atoms with Crippen LogP contribution in [0.25, 0.3) is 6.08 Å². The van der Waals surface area contributed by atoms with Crippen molar-refractivity contribution in [1.82, 2.24) is 4.90 Å². The normalized spacial score (nSPS) is 20.9. The van der Waals surface area contributed by atoms with Crippen LogP contribution in [0.2, 0.25) is 0 Å². The Bertz CT molecular complexity index is 1160. The molecule has 8 heteroatoms. The lowest BCUT2D eigenvalue weighted by molar-refractivity contribution is -0.127. The molecule has 0 unspecified atom stereocenters. The van der Waals surface area contributed by atoms with Crippen LogP contribution in [0.15, 0.2) is 51.8 Å². The fourth-order valence-corrected chi connectivity index (χ4v) is 5.45. The molecule has 0 saturated carbocycles. The van der Waals surface area contributed by atoms with E-state index in [1.165, 1.54) is 11.3 Å². The van der Waals surface area contributed by atoms with Crippen LogP contribution < -0.4 is 10.2 Å². The Balaban J connectivity index is 1.49. The summed E-state index contributed by atoms with van der Waals surface area (Å²) >= 11 is 4.21. The number of benzene rings is 2. The van der Waals surface area contributed by atoms with Crippen LogP contribution in [0.1, 0.15) is 44.2 Å². The van der Waals surface area contributed by atoms with Crippen LogP contribution in [0, 0.1) is 0 Å². The SMILES string of the molecule is C[C@@H]1CC(C)(C)N(C)c2ccc(/C=C3\SC(=O)N(CC(=O)Nc4ccc(Br)cc4)C3=O)cc21. The Morgan fingerprint density at radius 2 is 1.91 bits per heavy atom. The van der Waals surface area contributed by atoms with Gasteiger partial charge in [0.25, 0.3) is 11.1 Å². The summed E-state index contributed by atoms with van der Waals surface area (Å²) in [5.41, 5.74) is 3.97. The van der Waals surface area contributed by atoms with E-state index in [4.69, 9.17) is 0 Å². The van der Waals surface area contributed by atoms with Gasteiger partial charge in [-0.15, -0.1) is 0 Å². The molecule has 2 aliphatic rings. The van der Waals surface area contributed by atoms with Crippen molar-refractivity contribution in [3.05, 3.63) is 63.0 Å². The molecule has 1 saturated heterocycles. The maximum absolute atomic E-state index is 12.9. The maximum atomic E-state index is 12.9. The molecule has 3 amide bonds. The van der Waals surface area contributed by atoms with Gasteiger partial charge in [0, 0.05) is 28.4 Å². The predicted octanol–water partition coefficient (Wildman–Crippen LogP) is 5.85. The number of thioether (sulfide) groups is 1. The lowest BCUT2D eigenvalue weighted by atomic mass is 9.80. The molecule has 0 aromatic heterocycles. The predicted molar refractivity (Wildman–Crippen MR) is 137 cm³/mol. The minimum atomic E-state index is -0.444. The molecule has 6 nitrogen and oxygen atoms in total. The standard InChI is InChI=1S/C25H26BrN3O3S/c1-15-13-25(2,3)28(4)20-10-5-16(11-19(15)20)12-21-23(31)29(24(32)33-21)14-22(30)27-18-8-6-17(26)7-9-18/h5-12,15H,13-14H2,1-4H3,(H,27,30)/b21-12-/t15-/m1/s1. The van der Waals surface area contributed by atoms with Crippen molar-refractivity contribution in [3.8, 4) is 0 Å². The molecule has 33 heavy (non-hydrogen) atoms. The number of rotatable bonds is 4. The summed E-state index contributed by atoms with van der Waals surface area (Å²) in [6.07, 6.45) is 2.77. The van der Waals surface area contributed by atoms with E-state index in [1.807, 2.05) is 6.07 Å². The van der Waals surface area contributed by atoms with E-state index in [0.717, 1.165) is 33.1 Å². The zero-order valence-electron chi connectivity index (χ0n) is 19.0. The number of carbonyl (C=O) groups excluding carboxylic acids is 3. The van der Waals surface area contributed by atoms with E-state index in [0.29, 0.717) is 16.5 Å². The van der Waals surface area contributed by atoms with Crippen molar-refractivity contribution in [1.29, 1.82) is 0 Å². The molecule has 4 rings (SSSR count). The van der Waals surface area contributed by atoms with Gasteiger partial charge in [-0.3, -0.25) is 19.3 Å². The second kappa shape index (κ2) is 8.99. The van der Waals surface area contributed by atoms with Gasteiger partial charge in [0.1, 0.15) is 6.54 Å². The number of nitrogens with zero attached hydrogens (tertiary/aromatic N) is 2. The molecule has 2 aromatic carbocycles. The Morgan fingerprint density at radius 3 is 2.61 bits per heavy atom. The first-order chi connectivity index (χ1) is 15.5. The molecule has 1 fully saturated rings. The first-order valence-corrected chi connectivity index (χ1v) is 12.3. The smallest absolute Gasteiger partial charge is 0.294 e. The van der Waals surface area contributed by atoms with E-state index < -0.39 is 17.1 Å². The number of hydrogen-bond donors (Lipinski definition) is 1. The number of nitrogens with one attached hydrogen (secondary N) is 1. The lowest BCUT2D eigenvalue weighted by Gasteiger charge is -2.45. The monoisotopic (exact) mass is 527 g/mol. The summed E-state index contributed by atoms with van der Waals surface area (Å²) < 4.78 is 0.892. The second-order valence-electron chi connectivity index (χ2n) is 9.12. The Morgan fingerprint density at radius 1 is 1.21 bits per heavy atom. The number of anilines is 2. The minimum absolute atomic E-state index is 0.0768. The second-order valence-corrected chi connectivity index (χ2v) is 11.0. The largest absolute Gasteiger partial charge is 0.369 e. The van der Waals surface area contributed by atoms with Gasteiger partial charge < -0.3 is 10.2 Å². The average Bonchev–Trinajstić information content (AvgIpc) is 3.01. The van der Waals surface area contributed by atoms with E-state index in [2.05, 4.69) is 66.1 Å². The molecule has 1 atom stereocenters. The van der Waals surface area contributed by atoms with Gasteiger partial charge in [-0.05, 0) is 91.5 Å². The van der Waals surface area contributed by atoms with Crippen LogP contribution >= 0.6 is 27.7 Å². The van der Waals surface area contributed by atoms with Crippen molar-refractivity contribution >= 4 is 62.2 Å². The highest BCUT2D eigenvalue weighted by molar-refractivity contribution is 9.10. The van der Waals surface area contributed by atoms with Crippen molar-refractivity contribution < 1.29 is 14.4 Å². The molecule has 1 N–H and O–H groups in total. The van der Waals surface area contributed by atoms with Crippen molar-refractivity contribution in [2.75, 3.05) is 23.8 Å². The van der Waals surface area contributed by atoms with E-state index >= 15 is 0 Å². The minimum Gasteiger partial charge on any atom is -0.369 e. The molecule has 0 aliphatic carbocycles. The van der Waals surface area contributed by atoms with Crippen LogP contribution in [-0.4, -0.2) is 41.1 Å². The fraction of sp³-hybridized carbons (Fsp3) is 0.320. The quantitative estimate of drug-likeness (QED) is 0.505. The molecule has 0 radical (unpaired) electrons. The van der Waals surface area contributed by atoms with Gasteiger partial charge in [-0.25, -0.2) is 0 Å². The van der Waals surface area contributed by atoms with E-state index in [1.54, 1.807) is 30.3 Å². The maximum Gasteiger partial charge on any atom is 0.294 e. The first kappa shape index (κ1) is 23.6. The highest BCUT2D eigenvalue weighted by atomic mass is 79.9. The zero-order chi connectivity index (χ0) is 23.9. The van der Waals surface area contributed by atoms with Crippen LogP contribution in [0.4, 0.5) is 16.2 Å². The van der Waals surface area contributed by atoms with Crippen LogP contribution in [0.5, 0.6) is 0 Å². The molecule has 0 bridgehead atoms. The molecule has 2 heterocycles. The van der Waals surface area contributed by atoms with Crippen LogP contribution in [-0.2, 0) is 9.59 Å². The topological polar surface area (TPSA) is 69.7 Å². The lowest BCUT2D eigenvalue weighted by Crippen LogP contribution is -2.45. The zero-order valence-corrected chi connectivity index (χ0v) is 21.4. The third-order valence-electron chi connectivity index (χ3n) is 6.26. The highest BCUT2D eigenvalue weighted by Crippen LogP contribution is 2.43. The van der Waals surface area contributed by atoms with E-state index in [9.17, 15) is 14.4 Å². The van der Waals surface area contributed by atoms with Gasteiger partial charge in [0.05, 0.1) is 4.91 Å². The van der Waals surface area contributed by atoms with Gasteiger partial charge in [0.2, 0.25) is 5.91 Å². The Kier molecular flexibility index (Phi) is 6.42. The third kappa shape index (κ3) is 4.87. The molecule has 2 aliphatic heterocycles. The first-order valence-electron chi connectivity index (χ1n) is 10.7. The van der Waals surface area contributed by atoms with Crippen molar-refractivity contribution in [2.24, 2.45) is 0 Å².